The number of esters is 3. The van der Waals surface area contributed by atoms with Crippen LogP contribution in [0.15, 0.2) is 64.6 Å². The molecule has 0 aromatic heterocycles. The summed E-state index contributed by atoms with van der Waals surface area (Å²) in [5.41, 5.74) is 2.90. The smallest absolute Gasteiger partial charge is 0.305 e. The Labute approximate surface area is 325 Å². The number of ether oxygens (including phenoxy) is 6. The summed E-state index contributed by atoms with van der Waals surface area (Å²) >= 11 is 0. The van der Waals surface area contributed by atoms with Gasteiger partial charge in [-0.25, -0.2) is 9.98 Å². The van der Waals surface area contributed by atoms with Gasteiger partial charge in [0.25, 0.3) is 0 Å². The van der Waals surface area contributed by atoms with E-state index in [4.69, 9.17) is 24.2 Å². The lowest BCUT2D eigenvalue weighted by Gasteiger charge is -2.17. The van der Waals surface area contributed by atoms with Crippen LogP contribution in [0.3, 0.4) is 0 Å². The van der Waals surface area contributed by atoms with Crippen LogP contribution in [0.25, 0.3) is 5.70 Å². The molecule has 0 fully saturated rings. The van der Waals surface area contributed by atoms with Crippen LogP contribution < -0.4 is 14.2 Å². The zero-order valence-corrected chi connectivity index (χ0v) is 32.5. The molecule has 3 N–H and O–H groups in total. The quantitative estimate of drug-likeness (QED) is 0.0717. The molecule has 4 rings (SSSR count). The van der Waals surface area contributed by atoms with Crippen LogP contribution in [0.2, 0.25) is 0 Å². The number of carbonyl (C=O) groups excluding carboxylic acids is 3. The maximum absolute atomic E-state index is 11.5. The van der Waals surface area contributed by atoms with Crippen LogP contribution in [0.1, 0.15) is 71.9 Å². The van der Waals surface area contributed by atoms with E-state index in [9.17, 15) is 29.7 Å². The second-order valence-corrected chi connectivity index (χ2v) is 12.7. The summed E-state index contributed by atoms with van der Waals surface area (Å²) in [6, 6.07) is 9.97. The highest BCUT2D eigenvalue weighted by Gasteiger charge is 2.22. The molecule has 0 saturated carbocycles. The summed E-state index contributed by atoms with van der Waals surface area (Å²) in [7, 11) is 3.97. The van der Waals surface area contributed by atoms with E-state index in [1.54, 1.807) is 75.4 Å². The van der Waals surface area contributed by atoms with Gasteiger partial charge in [-0.2, -0.15) is 0 Å². The molecule has 1 aliphatic rings. The van der Waals surface area contributed by atoms with Crippen molar-refractivity contribution in [1.29, 1.82) is 0 Å². The zero-order chi connectivity index (χ0) is 40.8. The molecule has 3 aromatic carbocycles. The minimum absolute atomic E-state index is 0.0637. The lowest BCUT2D eigenvalue weighted by molar-refractivity contribution is -0.141. The second kappa shape index (κ2) is 20.4. The fourth-order valence-electron chi connectivity index (χ4n) is 5.59. The van der Waals surface area contributed by atoms with E-state index < -0.39 is 0 Å². The number of benzene rings is 3. The number of methoxy groups -OCH3 is 3. The third-order valence-electron chi connectivity index (χ3n) is 8.93. The molecule has 0 aliphatic carbocycles. The van der Waals surface area contributed by atoms with Crippen LogP contribution in [-0.2, 0) is 28.6 Å². The van der Waals surface area contributed by atoms with E-state index in [0.29, 0.717) is 75.7 Å². The van der Waals surface area contributed by atoms with Gasteiger partial charge < -0.3 is 43.7 Å². The molecule has 0 saturated heterocycles. The first kappa shape index (κ1) is 42.4. The normalized spacial score (nSPS) is 13.9. The Morgan fingerprint density at radius 2 is 0.946 bits per heavy atom. The predicted molar refractivity (Wildman–Crippen MR) is 209 cm³/mol. The van der Waals surface area contributed by atoms with Crippen molar-refractivity contribution in [1.82, 2.24) is 0 Å². The van der Waals surface area contributed by atoms with E-state index in [2.05, 4.69) is 14.2 Å². The van der Waals surface area contributed by atoms with E-state index in [1.807, 2.05) is 0 Å². The predicted octanol–water partition coefficient (Wildman–Crippen LogP) is 6.57. The highest BCUT2D eigenvalue weighted by molar-refractivity contribution is 6.20. The van der Waals surface area contributed by atoms with Gasteiger partial charge in [-0.1, -0.05) is 6.08 Å². The largest absolute Gasteiger partial charge is 0.507 e. The van der Waals surface area contributed by atoms with Gasteiger partial charge in [-0.05, 0) is 88.6 Å². The highest BCUT2D eigenvalue weighted by Crippen LogP contribution is 2.38. The number of nitrogens with zero attached hydrogens (tertiary/aromatic N) is 2. The Morgan fingerprint density at radius 3 is 1.39 bits per heavy atom. The molecule has 14 heteroatoms. The van der Waals surface area contributed by atoms with Gasteiger partial charge in [-0.3, -0.25) is 14.4 Å². The summed E-state index contributed by atoms with van der Waals surface area (Å²) in [5, 5.41) is 34.3. The van der Waals surface area contributed by atoms with E-state index >= 15 is 0 Å². The summed E-state index contributed by atoms with van der Waals surface area (Å²) in [4.78, 5) is 44.2. The third kappa shape index (κ3) is 10.9. The van der Waals surface area contributed by atoms with E-state index in [0.717, 1.165) is 0 Å². The van der Waals surface area contributed by atoms with Gasteiger partial charge in [0.1, 0.15) is 34.5 Å². The van der Waals surface area contributed by atoms with Crippen molar-refractivity contribution < 1.29 is 58.1 Å². The van der Waals surface area contributed by atoms with Crippen LogP contribution in [0.4, 0.5) is 0 Å². The Bertz CT molecular complexity index is 1970. The maximum atomic E-state index is 11.5. The molecule has 1 aliphatic heterocycles. The average Bonchev–Trinajstić information content (AvgIpc) is 3.18. The molecule has 0 amide bonds. The molecule has 0 atom stereocenters. The molecule has 1 heterocycles. The number of aromatic hydroxyl groups is 3. The topological polar surface area (TPSA) is 192 Å². The Hall–Kier alpha value is -6.31. The van der Waals surface area contributed by atoms with Crippen molar-refractivity contribution in [2.24, 2.45) is 9.98 Å². The number of aliphatic imine (C=N–C) groups is 2. The molecule has 0 bridgehead atoms. The number of allylic oxidation sites excluding steroid dienone is 3. The van der Waals surface area contributed by atoms with E-state index in [-0.39, 0.29) is 85.6 Å². The lowest BCUT2D eigenvalue weighted by atomic mass is 10.0. The van der Waals surface area contributed by atoms with Gasteiger partial charge >= 0.3 is 17.9 Å². The Kier molecular flexibility index (Phi) is 15.5. The van der Waals surface area contributed by atoms with Crippen LogP contribution in [0.5, 0.6) is 34.5 Å². The Morgan fingerprint density at radius 1 is 0.554 bits per heavy atom. The third-order valence-corrected chi connectivity index (χ3v) is 8.93. The fourth-order valence-corrected chi connectivity index (χ4v) is 5.59. The first-order chi connectivity index (χ1) is 26.9. The second-order valence-electron chi connectivity index (χ2n) is 12.7. The van der Waals surface area contributed by atoms with Gasteiger partial charge in [-0.15, -0.1) is 0 Å². The number of hydrogen-bond acceptors (Lipinski definition) is 14. The van der Waals surface area contributed by atoms with Crippen molar-refractivity contribution in [3.8, 4) is 34.5 Å². The van der Waals surface area contributed by atoms with Crippen LogP contribution >= 0.6 is 0 Å². The first-order valence-electron chi connectivity index (χ1n) is 18.0. The van der Waals surface area contributed by atoms with Gasteiger partial charge in [0.15, 0.2) is 5.84 Å². The molecule has 0 unspecified atom stereocenters. The number of carbonyl (C=O) groups is 3. The number of phenols is 3. The summed E-state index contributed by atoms with van der Waals surface area (Å²) < 4.78 is 31.6. The minimum Gasteiger partial charge on any atom is -0.507 e. The first-order valence-corrected chi connectivity index (χ1v) is 18.0. The average molecular weight is 773 g/mol. The van der Waals surface area contributed by atoms with Gasteiger partial charge in [0.05, 0.1) is 58.1 Å². The molecule has 14 nitrogen and oxygen atoms in total. The van der Waals surface area contributed by atoms with Gasteiger partial charge in [0, 0.05) is 47.1 Å². The van der Waals surface area contributed by atoms with Crippen molar-refractivity contribution >= 4 is 35.2 Å². The molecular weight excluding hydrogens is 724 g/mol. The summed E-state index contributed by atoms with van der Waals surface area (Å²) in [6.07, 6.45) is 6.87. The van der Waals surface area contributed by atoms with Crippen molar-refractivity contribution in [3.63, 3.8) is 0 Å². The maximum Gasteiger partial charge on any atom is 0.305 e. The summed E-state index contributed by atoms with van der Waals surface area (Å²) in [5.74, 6) is -0.0480. The number of phenolic OH excluding ortho intramolecular Hbond substituents is 3. The highest BCUT2D eigenvalue weighted by atomic mass is 16.5. The van der Waals surface area contributed by atoms with Crippen molar-refractivity contribution in [3.05, 3.63) is 88.0 Å². The van der Waals surface area contributed by atoms with Crippen LogP contribution in [0, 0.1) is 20.8 Å². The number of rotatable bonds is 18. The minimum atomic E-state index is -0.351. The molecule has 3 aromatic rings. The monoisotopic (exact) mass is 772 g/mol. The van der Waals surface area contributed by atoms with Crippen molar-refractivity contribution in [2.45, 2.75) is 59.3 Å². The van der Waals surface area contributed by atoms with E-state index in [1.165, 1.54) is 21.3 Å². The molecular formula is C42H48N2O12. The number of hydrogen-bond donors (Lipinski definition) is 3. The van der Waals surface area contributed by atoms with Crippen molar-refractivity contribution in [2.75, 3.05) is 41.2 Å². The lowest BCUT2D eigenvalue weighted by Crippen LogP contribution is -2.10. The SMILES string of the molecule is COC(=O)CCCOc1ccc(C2=NC(c3ccc(OCCCC(=O)OC)c(C)c3O)=N/C(c3ccc(OCCCC(=O)OC)c(C)c3O)=C/C=C/2)c(O)c1C. The fraction of sp³-hybridized carbons (Fsp3) is 0.357. The standard InChI is InChI=1S/C42H48N2O12/c1-25-33(54-22-8-13-36(45)51-4)19-16-28(39(25)48)31-11-7-12-32(29-17-20-34(26(2)40(29)49)55-23-9-14-37(46)52-5)44-42(43-31)30-18-21-35(27(3)41(30)50)56-24-10-15-38(47)53-6/h7,11-12,16-21,48-50H,8-10,13-15,22-24H2,1-6H3/b11-7+,12-7?,31-11?,32-12+,43-31?,43-42?,44-32?,44-42?. The zero-order valence-electron chi connectivity index (χ0n) is 32.5. The van der Waals surface area contributed by atoms with Gasteiger partial charge in [0.2, 0.25) is 0 Å². The molecule has 0 radical (unpaired) electrons. The Balaban J connectivity index is 1.72. The molecule has 0 spiro atoms. The number of amidine groups is 1. The molecule has 56 heavy (non-hydrogen) atoms. The van der Waals surface area contributed by atoms with Crippen LogP contribution in [-0.4, -0.2) is 85.9 Å². The summed E-state index contributed by atoms with van der Waals surface area (Å²) in [6.45, 7) is 5.76. The molecule has 298 valence electrons.